The Morgan fingerprint density at radius 1 is 1.32 bits per heavy atom. The Labute approximate surface area is 131 Å². The van der Waals surface area contributed by atoms with Crippen LogP contribution in [0.15, 0.2) is 24.8 Å². The van der Waals surface area contributed by atoms with Crippen LogP contribution in [0.5, 0.6) is 0 Å². The molecule has 0 radical (unpaired) electrons. The van der Waals surface area contributed by atoms with Gasteiger partial charge in [0.15, 0.2) is 0 Å². The quantitative estimate of drug-likeness (QED) is 0.777. The zero-order valence-corrected chi connectivity index (χ0v) is 13.3. The molecule has 4 nitrogen and oxygen atoms in total. The fourth-order valence-electron chi connectivity index (χ4n) is 3.39. The van der Waals surface area contributed by atoms with Crippen molar-refractivity contribution >= 4 is 0 Å². The van der Waals surface area contributed by atoms with E-state index in [0.717, 1.165) is 0 Å². The maximum absolute atomic E-state index is 14.4. The molecule has 2 saturated heterocycles. The van der Waals surface area contributed by atoms with Crippen LogP contribution in [0.25, 0.3) is 0 Å². The van der Waals surface area contributed by atoms with Crippen molar-refractivity contribution in [3.63, 3.8) is 0 Å². The molecule has 0 saturated carbocycles. The number of hydrogen-bond acceptors (Lipinski definition) is 4. The van der Waals surface area contributed by atoms with Crippen molar-refractivity contribution in [2.75, 3.05) is 45.8 Å². The Balaban J connectivity index is 1.91. The number of alkyl halides is 2. The number of hydrogen-bond donors (Lipinski definition) is 1. The van der Waals surface area contributed by atoms with E-state index in [2.05, 4.69) is 13.2 Å². The predicted molar refractivity (Wildman–Crippen MR) is 84.0 cm³/mol. The third-order valence-electron chi connectivity index (χ3n) is 4.60. The van der Waals surface area contributed by atoms with Gasteiger partial charge in [0.05, 0.1) is 12.6 Å². The summed E-state index contributed by atoms with van der Waals surface area (Å²) in [7, 11) is 0. The van der Waals surface area contributed by atoms with Crippen LogP contribution in [0.4, 0.5) is 8.78 Å². The zero-order chi connectivity index (χ0) is 16.3. The average molecular weight is 315 g/mol. The number of likely N-dealkylation sites (tertiary alicyclic amines) is 1. The van der Waals surface area contributed by atoms with E-state index in [0.29, 0.717) is 51.3 Å². The molecule has 2 aliphatic rings. The first-order chi connectivity index (χ1) is 10.3. The van der Waals surface area contributed by atoms with E-state index in [1.165, 1.54) is 0 Å². The fraction of sp³-hybridized carbons (Fsp3) is 0.750. The second-order valence-corrected chi connectivity index (χ2v) is 6.38. The van der Waals surface area contributed by atoms with Crippen LogP contribution in [-0.2, 0) is 0 Å². The molecule has 0 spiro atoms. The third-order valence-corrected chi connectivity index (χ3v) is 4.60. The molecule has 1 unspecified atom stereocenters. The van der Waals surface area contributed by atoms with E-state index in [4.69, 9.17) is 0 Å². The zero-order valence-electron chi connectivity index (χ0n) is 13.3. The lowest BCUT2D eigenvalue weighted by Crippen LogP contribution is -2.62. The highest BCUT2D eigenvalue weighted by atomic mass is 19.3. The summed E-state index contributed by atoms with van der Waals surface area (Å²) >= 11 is 0. The monoisotopic (exact) mass is 315 g/mol. The molecule has 22 heavy (non-hydrogen) atoms. The molecule has 1 N–H and O–H groups in total. The van der Waals surface area contributed by atoms with Gasteiger partial charge in [-0.2, -0.15) is 0 Å². The molecule has 2 rings (SSSR count). The van der Waals surface area contributed by atoms with Crippen molar-refractivity contribution in [3.8, 4) is 0 Å². The lowest BCUT2D eigenvalue weighted by molar-refractivity contribution is -0.136. The van der Waals surface area contributed by atoms with Gasteiger partial charge in [0.2, 0.25) is 0 Å². The molecule has 0 bridgehead atoms. The SMILES string of the molecule is C=CCN1CC[C@@H](N2CCN(C(O)C(=C)C)CC2)C(F)(F)C1. The number of aliphatic hydroxyl groups excluding tert-OH is 1. The molecule has 0 aromatic carbocycles. The number of piperidine rings is 1. The molecule has 0 aromatic rings. The van der Waals surface area contributed by atoms with E-state index >= 15 is 0 Å². The van der Waals surface area contributed by atoms with E-state index in [9.17, 15) is 13.9 Å². The third kappa shape index (κ3) is 3.93. The smallest absolute Gasteiger partial charge is 0.275 e. The van der Waals surface area contributed by atoms with Crippen LogP contribution in [0, 0.1) is 0 Å². The predicted octanol–water partition coefficient (Wildman–Crippen LogP) is 1.39. The van der Waals surface area contributed by atoms with Crippen molar-refractivity contribution in [3.05, 3.63) is 24.8 Å². The second kappa shape index (κ2) is 7.17. The Bertz CT molecular complexity index is 408. The summed E-state index contributed by atoms with van der Waals surface area (Å²) in [6.07, 6.45) is 1.48. The topological polar surface area (TPSA) is 30.0 Å². The highest BCUT2D eigenvalue weighted by molar-refractivity contribution is 4.99. The Morgan fingerprint density at radius 3 is 2.45 bits per heavy atom. The summed E-state index contributed by atoms with van der Waals surface area (Å²) in [5.74, 6) is -2.70. The summed E-state index contributed by atoms with van der Waals surface area (Å²) in [5, 5.41) is 9.99. The Hall–Kier alpha value is -0.820. The number of aliphatic hydroxyl groups is 1. The first kappa shape index (κ1) is 17.5. The number of piperazine rings is 1. The van der Waals surface area contributed by atoms with Gasteiger partial charge < -0.3 is 5.11 Å². The van der Waals surface area contributed by atoms with Gasteiger partial charge in [-0.15, -0.1) is 6.58 Å². The highest BCUT2D eigenvalue weighted by Crippen LogP contribution is 2.32. The Morgan fingerprint density at radius 2 is 1.95 bits per heavy atom. The molecule has 0 amide bonds. The standard InChI is InChI=1S/C16H27F2N3O/c1-4-6-19-7-5-14(16(17,18)12-19)20-8-10-21(11-9-20)15(22)13(2)3/h4,14-15,22H,1-2,5-12H2,3H3/t14-,15?/m1/s1. The molecule has 0 aliphatic carbocycles. The van der Waals surface area contributed by atoms with Gasteiger partial charge in [0.25, 0.3) is 5.92 Å². The summed E-state index contributed by atoms with van der Waals surface area (Å²) in [5.41, 5.74) is 0.691. The van der Waals surface area contributed by atoms with Crippen molar-refractivity contribution in [1.82, 2.24) is 14.7 Å². The molecular formula is C16H27F2N3O. The lowest BCUT2D eigenvalue weighted by atomic mass is 9.98. The van der Waals surface area contributed by atoms with Crippen LogP contribution >= 0.6 is 0 Å². The van der Waals surface area contributed by atoms with E-state index in [1.807, 2.05) is 9.80 Å². The summed E-state index contributed by atoms with van der Waals surface area (Å²) < 4.78 is 28.8. The molecule has 0 aromatic heterocycles. The number of halogens is 2. The van der Waals surface area contributed by atoms with Crippen molar-refractivity contribution in [2.24, 2.45) is 0 Å². The molecule has 2 fully saturated rings. The maximum atomic E-state index is 14.4. The largest absolute Gasteiger partial charge is 0.374 e. The molecule has 2 atom stereocenters. The van der Waals surface area contributed by atoms with Crippen LogP contribution in [0.1, 0.15) is 13.3 Å². The minimum Gasteiger partial charge on any atom is -0.374 e. The van der Waals surface area contributed by atoms with Crippen LogP contribution in [0.2, 0.25) is 0 Å². The van der Waals surface area contributed by atoms with Gasteiger partial charge in [-0.25, -0.2) is 8.78 Å². The van der Waals surface area contributed by atoms with Crippen molar-refractivity contribution < 1.29 is 13.9 Å². The summed E-state index contributed by atoms with van der Waals surface area (Å²) in [6.45, 7) is 12.5. The molecule has 2 heterocycles. The van der Waals surface area contributed by atoms with Crippen molar-refractivity contribution in [1.29, 1.82) is 0 Å². The minimum atomic E-state index is -2.70. The average Bonchev–Trinajstić information content (AvgIpc) is 2.46. The van der Waals surface area contributed by atoms with E-state index in [1.54, 1.807) is 17.9 Å². The van der Waals surface area contributed by atoms with Crippen LogP contribution in [-0.4, -0.2) is 83.8 Å². The minimum absolute atomic E-state index is 0.196. The maximum Gasteiger partial charge on any atom is 0.275 e. The molecule has 6 heteroatoms. The van der Waals surface area contributed by atoms with Gasteiger partial charge >= 0.3 is 0 Å². The summed E-state index contributed by atoms with van der Waals surface area (Å²) in [4.78, 5) is 5.53. The molecular weight excluding hydrogens is 288 g/mol. The van der Waals surface area contributed by atoms with E-state index in [-0.39, 0.29) is 6.54 Å². The first-order valence-electron chi connectivity index (χ1n) is 7.88. The van der Waals surface area contributed by atoms with Gasteiger partial charge in [-0.1, -0.05) is 12.7 Å². The summed E-state index contributed by atoms with van der Waals surface area (Å²) in [6, 6.07) is -0.697. The van der Waals surface area contributed by atoms with Crippen LogP contribution in [0.3, 0.4) is 0 Å². The van der Waals surface area contributed by atoms with Crippen molar-refractivity contribution in [2.45, 2.75) is 31.5 Å². The van der Waals surface area contributed by atoms with Gasteiger partial charge in [0.1, 0.15) is 6.23 Å². The number of rotatable bonds is 5. The molecule has 2 aliphatic heterocycles. The van der Waals surface area contributed by atoms with Gasteiger partial charge in [-0.3, -0.25) is 14.7 Å². The fourth-order valence-corrected chi connectivity index (χ4v) is 3.39. The van der Waals surface area contributed by atoms with E-state index < -0.39 is 18.2 Å². The van der Waals surface area contributed by atoms with Gasteiger partial charge in [-0.05, 0) is 18.9 Å². The Kier molecular flexibility index (Phi) is 5.71. The normalized spacial score (nSPS) is 29.2. The number of nitrogens with zero attached hydrogens (tertiary/aromatic N) is 3. The molecule has 126 valence electrons. The lowest BCUT2D eigenvalue weighted by Gasteiger charge is -2.46. The first-order valence-corrected chi connectivity index (χ1v) is 7.88. The van der Waals surface area contributed by atoms with Gasteiger partial charge in [0, 0.05) is 39.3 Å². The highest BCUT2D eigenvalue weighted by Gasteiger charge is 2.47. The van der Waals surface area contributed by atoms with Crippen LogP contribution < -0.4 is 0 Å². The second-order valence-electron chi connectivity index (χ2n) is 6.38.